The van der Waals surface area contributed by atoms with Crippen LogP contribution in [0.15, 0.2) is 59.5 Å². The van der Waals surface area contributed by atoms with Gasteiger partial charge in [-0.1, -0.05) is 48.0 Å². The zero-order valence-corrected chi connectivity index (χ0v) is 16.5. The van der Waals surface area contributed by atoms with Crippen molar-refractivity contribution in [2.24, 2.45) is 0 Å². The van der Waals surface area contributed by atoms with Crippen LogP contribution in [-0.4, -0.2) is 30.7 Å². The van der Waals surface area contributed by atoms with Gasteiger partial charge in [0.15, 0.2) is 0 Å². The summed E-state index contributed by atoms with van der Waals surface area (Å²) in [5.41, 5.74) is 1.50. The lowest BCUT2D eigenvalue weighted by molar-refractivity contribution is -0.122. The minimum absolute atomic E-state index is 0.134. The summed E-state index contributed by atoms with van der Waals surface area (Å²) in [5, 5.41) is 2.82. The normalized spacial score (nSPS) is 12.2. The number of nitrogens with zero attached hydrogens (tertiary/aromatic N) is 1. The van der Waals surface area contributed by atoms with E-state index in [0.29, 0.717) is 0 Å². The fraction of sp³-hybridized carbons (Fsp3) is 0.350. The third-order valence-electron chi connectivity index (χ3n) is 3.69. The number of amides is 1. The molecular weight excluding hydrogens is 348 g/mol. The standard InChI is InChI=1S/C20H26N2O3S/c1-16-10-12-17(13-11-16)14-22(15-19(23)21-20(2,3)4)26(24,25)18-8-6-5-7-9-18/h5-13H,14-15H2,1-4H3,(H,21,23). The van der Waals surface area contributed by atoms with Crippen molar-refractivity contribution in [1.82, 2.24) is 9.62 Å². The highest BCUT2D eigenvalue weighted by Crippen LogP contribution is 2.18. The first-order valence-corrected chi connectivity index (χ1v) is 9.94. The Kier molecular flexibility index (Phi) is 6.21. The smallest absolute Gasteiger partial charge is 0.243 e. The molecule has 2 aromatic carbocycles. The molecule has 1 N–H and O–H groups in total. The molecule has 0 aliphatic heterocycles. The quantitative estimate of drug-likeness (QED) is 0.845. The van der Waals surface area contributed by atoms with Crippen molar-refractivity contribution < 1.29 is 13.2 Å². The molecule has 5 nitrogen and oxygen atoms in total. The van der Waals surface area contributed by atoms with Crippen molar-refractivity contribution in [3.8, 4) is 0 Å². The van der Waals surface area contributed by atoms with Gasteiger partial charge in [0, 0.05) is 12.1 Å². The van der Waals surface area contributed by atoms with E-state index in [9.17, 15) is 13.2 Å². The van der Waals surface area contributed by atoms with E-state index >= 15 is 0 Å². The number of carbonyl (C=O) groups excluding carboxylic acids is 1. The number of carbonyl (C=O) groups is 1. The van der Waals surface area contributed by atoms with Gasteiger partial charge in [-0.2, -0.15) is 4.31 Å². The fourth-order valence-electron chi connectivity index (χ4n) is 2.48. The molecule has 0 fully saturated rings. The summed E-state index contributed by atoms with van der Waals surface area (Å²) in [6, 6.07) is 15.8. The van der Waals surface area contributed by atoms with E-state index in [2.05, 4.69) is 5.32 Å². The van der Waals surface area contributed by atoms with Crippen LogP contribution in [0.4, 0.5) is 0 Å². The van der Waals surface area contributed by atoms with Crippen LogP contribution in [0.25, 0.3) is 0 Å². The SMILES string of the molecule is Cc1ccc(CN(CC(=O)NC(C)(C)C)S(=O)(=O)c2ccccc2)cc1. The van der Waals surface area contributed by atoms with Gasteiger partial charge in [-0.3, -0.25) is 4.79 Å². The van der Waals surface area contributed by atoms with E-state index in [0.717, 1.165) is 11.1 Å². The molecule has 0 radical (unpaired) electrons. The predicted molar refractivity (Wildman–Crippen MR) is 103 cm³/mol. The summed E-state index contributed by atoms with van der Waals surface area (Å²) in [5.74, 6) is -0.330. The first-order valence-electron chi connectivity index (χ1n) is 8.50. The second-order valence-corrected chi connectivity index (χ2v) is 9.31. The van der Waals surface area contributed by atoms with Gasteiger partial charge in [-0.05, 0) is 45.4 Å². The van der Waals surface area contributed by atoms with E-state index in [1.54, 1.807) is 30.3 Å². The number of aryl methyl sites for hydroxylation is 1. The summed E-state index contributed by atoms with van der Waals surface area (Å²) < 4.78 is 27.3. The lowest BCUT2D eigenvalue weighted by Gasteiger charge is -2.25. The highest BCUT2D eigenvalue weighted by molar-refractivity contribution is 7.89. The average molecular weight is 375 g/mol. The highest BCUT2D eigenvalue weighted by atomic mass is 32.2. The first-order chi connectivity index (χ1) is 12.1. The lowest BCUT2D eigenvalue weighted by Crippen LogP contribution is -2.47. The van der Waals surface area contributed by atoms with E-state index in [-0.39, 0.29) is 23.9 Å². The average Bonchev–Trinajstić information content (AvgIpc) is 2.55. The van der Waals surface area contributed by atoms with Gasteiger partial charge < -0.3 is 5.32 Å². The first kappa shape index (κ1) is 20.1. The second-order valence-electron chi connectivity index (χ2n) is 7.37. The number of nitrogens with one attached hydrogen (secondary N) is 1. The van der Waals surface area contributed by atoms with Crippen LogP contribution in [0.1, 0.15) is 31.9 Å². The number of sulfonamides is 1. The van der Waals surface area contributed by atoms with Crippen LogP contribution in [0.3, 0.4) is 0 Å². The second kappa shape index (κ2) is 8.01. The molecule has 0 aliphatic rings. The van der Waals surface area contributed by atoms with E-state index in [1.807, 2.05) is 52.0 Å². The molecule has 0 atom stereocenters. The molecule has 0 bridgehead atoms. The van der Waals surface area contributed by atoms with Gasteiger partial charge in [0.2, 0.25) is 15.9 Å². The number of rotatable bonds is 6. The van der Waals surface area contributed by atoms with Gasteiger partial charge >= 0.3 is 0 Å². The van der Waals surface area contributed by atoms with E-state index in [1.165, 1.54) is 4.31 Å². The summed E-state index contributed by atoms with van der Waals surface area (Å²) in [4.78, 5) is 12.6. The van der Waals surface area contributed by atoms with Gasteiger partial charge in [-0.15, -0.1) is 0 Å². The molecule has 26 heavy (non-hydrogen) atoms. The van der Waals surface area contributed by atoms with Crippen LogP contribution in [0.2, 0.25) is 0 Å². The molecule has 1 amide bonds. The van der Waals surface area contributed by atoms with Crippen molar-refractivity contribution in [3.05, 3.63) is 65.7 Å². The van der Waals surface area contributed by atoms with Crippen molar-refractivity contribution >= 4 is 15.9 Å². The molecule has 2 aromatic rings. The van der Waals surface area contributed by atoms with Crippen molar-refractivity contribution in [1.29, 1.82) is 0 Å². The molecule has 0 saturated carbocycles. The van der Waals surface area contributed by atoms with Crippen molar-refractivity contribution in [3.63, 3.8) is 0 Å². The van der Waals surface area contributed by atoms with Crippen LogP contribution < -0.4 is 5.32 Å². The summed E-state index contributed by atoms with van der Waals surface area (Å²) in [6.07, 6.45) is 0. The summed E-state index contributed by atoms with van der Waals surface area (Å²) in [6.45, 7) is 7.46. The zero-order valence-electron chi connectivity index (χ0n) is 15.7. The Morgan fingerprint density at radius 2 is 1.58 bits per heavy atom. The molecule has 0 spiro atoms. The predicted octanol–water partition coefficient (Wildman–Crippen LogP) is 3.10. The Labute approximate surface area is 156 Å². The molecule has 0 saturated heterocycles. The Balaban J connectivity index is 2.31. The number of benzene rings is 2. The zero-order chi connectivity index (χ0) is 19.4. The minimum Gasteiger partial charge on any atom is -0.350 e. The van der Waals surface area contributed by atoms with Crippen LogP contribution >= 0.6 is 0 Å². The van der Waals surface area contributed by atoms with Crippen LogP contribution in [0.5, 0.6) is 0 Å². The maximum atomic E-state index is 13.1. The molecule has 0 unspecified atom stereocenters. The molecule has 140 valence electrons. The Morgan fingerprint density at radius 1 is 1.00 bits per heavy atom. The maximum Gasteiger partial charge on any atom is 0.243 e. The van der Waals surface area contributed by atoms with Gasteiger partial charge in [-0.25, -0.2) is 8.42 Å². The minimum atomic E-state index is -3.79. The highest BCUT2D eigenvalue weighted by Gasteiger charge is 2.27. The number of hydrogen-bond donors (Lipinski definition) is 1. The van der Waals surface area contributed by atoms with Crippen LogP contribution in [0, 0.1) is 6.92 Å². The van der Waals surface area contributed by atoms with Crippen molar-refractivity contribution in [2.45, 2.75) is 44.7 Å². The molecule has 0 heterocycles. The third kappa shape index (κ3) is 5.68. The van der Waals surface area contributed by atoms with Crippen molar-refractivity contribution in [2.75, 3.05) is 6.54 Å². The number of hydrogen-bond acceptors (Lipinski definition) is 3. The largest absolute Gasteiger partial charge is 0.350 e. The summed E-state index contributed by atoms with van der Waals surface area (Å²) >= 11 is 0. The van der Waals surface area contributed by atoms with Gasteiger partial charge in [0.1, 0.15) is 0 Å². The maximum absolute atomic E-state index is 13.1. The third-order valence-corrected chi connectivity index (χ3v) is 5.50. The molecule has 6 heteroatoms. The molecule has 0 aliphatic carbocycles. The van der Waals surface area contributed by atoms with E-state index < -0.39 is 15.6 Å². The molecular formula is C20H26N2O3S. The van der Waals surface area contributed by atoms with Gasteiger partial charge in [0.25, 0.3) is 0 Å². The lowest BCUT2D eigenvalue weighted by atomic mass is 10.1. The topological polar surface area (TPSA) is 66.5 Å². The fourth-order valence-corrected chi connectivity index (χ4v) is 3.89. The van der Waals surface area contributed by atoms with E-state index in [4.69, 9.17) is 0 Å². The Morgan fingerprint density at radius 3 is 2.12 bits per heavy atom. The van der Waals surface area contributed by atoms with Crippen LogP contribution in [-0.2, 0) is 21.4 Å². The monoisotopic (exact) mass is 374 g/mol. The molecule has 0 aromatic heterocycles. The van der Waals surface area contributed by atoms with Gasteiger partial charge in [0.05, 0.1) is 11.4 Å². The Bertz CT molecular complexity index is 839. The summed E-state index contributed by atoms with van der Waals surface area (Å²) in [7, 11) is -3.79. The Hall–Kier alpha value is -2.18. The molecule has 2 rings (SSSR count).